The van der Waals surface area contributed by atoms with Crippen LogP contribution in [0, 0.1) is 12.8 Å². The summed E-state index contributed by atoms with van der Waals surface area (Å²) >= 11 is 0. The summed E-state index contributed by atoms with van der Waals surface area (Å²) in [5, 5.41) is 2.70. The molecule has 2 aromatic rings. The van der Waals surface area contributed by atoms with Gasteiger partial charge in [-0.1, -0.05) is 6.92 Å². The minimum atomic E-state index is -0.361. The predicted octanol–water partition coefficient (Wildman–Crippen LogP) is 2.82. The van der Waals surface area contributed by atoms with Crippen molar-refractivity contribution in [2.45, 2.75) is 26.7 Å². The molecule has 7 heteroatoms. The first kappa shape index (κ1) is 17.8. The van der Waals surface area contributed by atoms with Crippen molar-refractivity contribution in [1.29, 1.82) is 0 Å². The molecule has 0 spiro atoms. The lowest BCUT2D eigenvalue weighted by Gasteiger charge is -2.21. The van der Waals surface area contributed by atoms with E-state index in [4.69, 9.17) is 9.47 Å². The number of nitrogens with zero attached hydrogens (tertiary/aromatic N) is 2. The maximum atomic E-state index is 12.5. The van der Waals surface area contributed by atoms with Crippen molar-refractivity contribution in [3.8, 4) is 11.5 Å². The Morgan fingerprint density at radius 2 is 1.88 bits per heavy atom. The second-order valence-corrected chi connectivity index (χ2v) is 6.41. The van der Waals surface area contributed by atoms with Gasteiger partial charge in [0.1, 0.15) is 0 Å². The molecule has 1 aromatic heterocycles. The van der Waals surface area contributed by atoms with Gasteiger partial charge in [-0.3, -0.25) is 14.9 Å². The molecule has 1 N–H and O–H groups in total. The summed E-state index contributed by atoms with van der Waals surface area (Å²) < 4.78 is 10.4. The smallest absolute Gasteiger partial charge is 0.258 e. The molecule has 0 radical (unpaired) electrons. The maximum absolute atomic E-state index is 12.5. The first-order valence-electron chi connectivity index (χ1n) is 8.37. The number of carbonyl (C=O) groups excluding carboxylic acids is 2. The highest BCUT2D eigenvalue weighted by Gasteiger charge is 2.27. The van der Waals surface area contributed by atoms with Crippen LogP contribution in [-0.4, -0.2) is 35.9 Å². The van der Waals surface area contributed by atoms with Crippen molar-refractivity contribution in [3.05, 3.63) is 40.7 Å². The van der Waals surface area contributed by atoms with Gasteiger partial charge in [-0.2, -0.15) is 0 Å². The van der Waals surface area contributed by atoms with Crippen molar-refractivity contribution in [3.63, 3.8) is 0 Å². The zero-order chi connectivity index (χ0) is 18.8. The quantitative estimate of drug-likeness (QED) is 0.907. The average Bonchev–Trinajstić information content (AvgIpc) is 2.59. The number of hydrogen-bond acceptors (Lipinski definition) is 6. The third-order valence-electron chi connectivity index (χ3n) is 4.39. The van der Waals surface area contributed by atoms with E-state index in [9.17, 15) is 9.59 Å². The van der Waals surface area contributed by atoms with Gasteiger partial charge in [-0.05, 0) is 37.5 Å². The number of aromatic nitrogens is 2. The van der Waals surface area contributed by atoms with Crippen molar-refractivity contribution in [2.24, 2.45) is 5.92 Å². The Balaban J connectivity index is 1.87. The predicted molar refractivity (Wildman–Crippen MR) is 96.1 cm³/mol. The maximum Gasteiger partial charge on any atom is 0.258 e. The third kappa shape index (κ3) is 3.37. The highest BCUT2D eigenvalue weighted by Crippen LogP contribution is 2.29. The highest BCUT2D eigenvalue weighted by molar-refractivity contribution is 6.04. The number of hydrogen-bond donors (Lipinski definition) is 1. The summed E-state index contributed by atoms with van der Waals surface area (Å²) in [7, 11) is 3.04. The number of benzene rings is 1. The molecule has 1 unspecified atom stereocenters. The second kappa shape index (κ2) is 7.11. The van der Waals surface area contributed by atoms with E-state index >= 15 is 0 Å². The number of aryl methyl sites for hydroxylation is 1. The third-order valence-corrected chi connectivity index (χ3v) is 4.39. The van der Waals surface area contributed by atoms with Crippen molar-refractivity contribution < 1.29 is 19.1 Å². The van der Waals surface area contributed by atoms with Gasteiger partial charge in [0.25, 0.3) is 5.91 Å². The van der Waals surface area contributed by atoms with Gasteiger partial charge >= 0.3 is 0 Å². The monoisotopic (exact) mass is 355 g/mol. The van der Waals surface area contributed by atoms with E-state index in [2.05, 4.69) is 15.3 Å². The molecule has 0 fully saturated rings. The van der Waals surface area contributed by atoms with Crippen LogP contribution < -0.4 is 14.8 Å². The van der Waals surface area contributed by atoms with Gasteiger partial charge < -0.3 is 9.47 Å². The van der Waals surface area contributed by atoms with Crippen molar-refractivity contribution >= 4 is 17.6 Å². The zero-order valence-electron chi connectivity index (χ0n) is 15.3. The molecule has 1 heterocycles. The van der Waals surface area contributed by atoms with Gasteiger partial charge in [0, 0.05) is 12.0 Å². The normalized spacial score (nSPS) is 16.0. The van der Waals surface area contributed by atoms with Crippen molar-refractivity contribution in [2.75, 3.05) is 19.5 Å². The Hall–Kier alpha value is -2.96. The second-order valence-electron chi connectivity index (χ2n) is 6.41. The van der Waals surface area contributed by atoms with Crippen molar-refractivity contribution in [1.82, 2.24) is 9.97 Å². The highest BCUT2D eigenvalue weighted by atomic mass is 16.5. The lowest BCUT2D eigenvalue weighted by Crippen LogP contribution is -2.23. The van der Waals surface area contributed by atoms with Gasteiger partial charge in [-0.15, -0.1) is 0 Å². The zero-order valence-corrected chi connectivity index (χ0v) is 15.3. The molecule has 0 aliphatic heterocycles. The van der Waals surface area contributed by atoms with Crippen LogP contribution >= 0.6 is 0 Å². The summed E-state index contributed by atoms with van der Waals surface area (Å²) in [5.74, 6) is 1.13. The van der Waals surface area contributed by atoms with E-state index in [-0.39, 0.29) is 23.6 Å². The van der Waals surface area contributed by atoms with Gasteiger partial charge in [0.2, 0.25) is 5.95 Å². The van der Waals surface area contributed by atoms with E-state index in [1.54, 1.807) is 25.1 Å². The number of nitrogens with one attached hydrogen (secondary N) is 1. The van der Waals surface area contributed by atoms with E-state index in [0.29, 0.717) is 46.9 Å². The molecule has 7 nitrogen and oxygen atoms in total. The topological polar surface area (TPSA) is 90.4 Å². The number of ether oxygens (including phenoxy) is 2. The fourth-order valence-electron chi connectivity index (χ4n) is 3.17. The molecular formula is C19H21N3O4. The molecule has 3 rings (SSSR count). The molecule has 1 atom stereocenters. The minimum absolute atomic E-state index is 0.0639. The Kier molecular flexibility index (Phi) is 4.88. The van der Waals surface area contributed by atoms with E-state index < -0.39 is 0 Å². The van der Waals surface area contributed by atoms with Gasteiger partial charge in [0.15, 0.2) is 17.3 Å². The van der Waals surface area contributed by atoms with Crippen LogP contribution in [0.15, 0.2) is 18.2 Å². The summed E-state index contributed by atoms with van der Waals surface area (Å²) in [4.78, 5) is 33.4. The molecule has 1 aromatic carbocycles. The number of ketones is 1. The summed E-state index contributed by atoms with van der Waals surface area (Å²) in [5.41, 5.74) is 2.27. The van der Waals surface area contributed by atoms with Crippen LogP contribution in [0.3, 0.4) is 0 Å². The molecular weight excluding hydrogens is 334 g/mol. The van der Waals surface area contributed by atoms with Crippen LogP contribution in [0.1, 0.15) is 45.4 Å². The molecule has 0 saturated heterocycles. The number of fused-ring (bicyclic) bond motifs is 1. The number of amides is 1. The largest absolute Gasteiger partial charge is 0.493 e. The summed E-state index contributed by atoms with van der Waals surface area (Å²) in [6.07, 6.45) is 1.21. The SMILES string of the molecule is COc1ccc(C(=O)Nc2nc(C)c3c(n2)CC(C)CC3=O)cc1OC. The van der Waals surface area contributed by atoms with E-state index in [1.165, 1.54) is 14.2 Å². The minimum Gasteiger partial charge on any atom is -0.493 e. The number of Topliss-reactive ketones (excluding diaryl/α,β-unsaturated/α-hetero) is 1. The molecule has 0 saturated carbocycles. The molecule has 136 valence electrons. The van der Waals surface area contributed by atoms with Crippen LogP contribution in [0.4, 0.5) is 5.95 Å². The Morgan fingerprint density at radius 1 is 1.15 bits per heavy atom. The summed E-state index contributed by atoms with van der Waals surface area (Å²) in [6, 6.07) is 4.88. The standard InChI is InChI=1S/C19H21N3O4/c1-10-7-13-17(14(23)8-10)11(2)20-19(21-13)22-18(24)12-5-6-15(25-3)16(9-12)26-4/h5-6,9-10H,7-8H2,1-4H3,(H,20,21,22,24). The first-order valence-corrected chi connectivity index (χ1v) is 8.37. The van der Waals surface area contributed by atoms with Crippen LogP contribution in [0.2, 0.25) is 0 Å². The van der Waals surface area contributed by atoms with Crippen LogP contribution in [0.5, 0.6) is 11.5 Å². The molecule has 0 bridgehead atoms. The van der Waals surface area contributed by atoms with Gasteiger partial charge in [-0.25, -0.2) is 9.97 Å². The Morgan fingerprint density at radius 3 is 2.58 bits per heavy atom. The molecule has 1 aliphatic rings. The Labute approximate surface area is 151 Å². The Bertz CT molecular complexity index is 879. The lowest BCUT2D eigenvalue weighted by atomic mass is 9.86. The van der Waals surface area contributed by atoms with E-state index in [0.717, 1.165) is 0 Å². The summed E-state index contributed by atoms with van der Waals surface area (Å²) in [6.45, 7) is 3.78. The van der Waals surface area contributed by atoms with E-state index in [1.807, 2.05) is 6.92 Å². The molecule has 1 aliphatic carbocycles. The van der Waals surface area contributed by atoms with Gasteiger partial charge in [0.05, 0.1) is 31.2 Å². The number of methoxy groups -OCH3 is 2. The lowest BCUT2D eigenvalue weighted by molar-refractivity contribution is 0.0950. The average molecular weight is 355 g/mol. The van der Waals surface area contributed by atoms with Crippen LogP contribution in [-0.2, 0) is 6.42 Å². The fourth-order valence-corrected chi connectivity index (χ4v) is 3.17. The number of carbonyl (C=O) groups is 2. The van der Waals surface area contributed by atoms with Crippen LogP contribution in [0.25, 0.3) is 0 Å². The molecule has 26 heavy (non-hydrogen) atoms. The molecule has 1 amide bonds. The first-order chi connectivity index (χ1) is 12.4. The number of rotatable bonds is 4. The number of anilines is 1. The fraction of sp³-hybridized carbons (Fsp3) is 0.368.